The van der Waals surface area contributed by atoms with Crippen molar-refractivity contribution in [3.05, 3.63) is 23.8 Å². The Hall–Kier alpha value is -1.22. The maximum atomic E-state index is 9.61. The van der Waals surface area contributed by atoms with Gasteiger partial charge in [-0.25, -0.2) is 0 Å². The summed E-state index contributed by atoms with van der Waals surface area (Å²) in [6.07, 6.45) is 1.32. The lowest BCUT2D eigenvalue weighted by molar-refractivity contribution is 0.317. The van der Waals surface area contributed by atoms with Gasteiger partial charge in [-0.15, -0.1) is 0 Å². The number of ether oxygens (including phenoxy) is 1. The first-order valence-electron chi connectivity index (χ1n) is 6.68. The monoisotopic (exact) mass is 249 g/mol. The van der Waals surface area contributed by atoms with Crippen LogP contribution in [0.1, 0.15) is 32.8 Å². The van der Waals surface area contributed by atoms with Gasteiger partial charge in [0.25, 0.3) is 0 Å². The molecule has 0 saturated heterocycles. The van der Waals surface area contributed by atoms with Crippen LogP contribution in [0.5, 0.6) is 11.5 Å². The van der Waals surface area contributed by atoms with Crippen molar-refractivity contribution < 1.29 is 9.84 Å². The molecule has 3 nitrogen and oxygen atoms in total. The van der Waals surface area contributed by atoms with Crippen molar-refractivity contribution in [1.82, 2.24) is 5.32 Å². The molecule has 2 rings (SSSR count). The highest BCUT2D eigenvalue weighted by Gasteiger charge is 2.44. The van der Waals surface area contributed by atoms with Gasteiger partial charge in [-0.1, -0.05) is 19.9 Å². The lowest BCUT2D eigenvalue weighted by Gasteiger charge is -2.10. The van der Waals surface area contributed by atoms with Crippen molar-refractivity contribution in [3.8, 4) is 11.5 Å². The number of hydrogen-bond acceptors (Lipinski definition) is 3. The molecule has 1 atom stereocenters. The Bertz CT molecular complexity index is 415. The lowest BCUT2D eigenvalue weighted by atomic mass is 10.1. The standard InChI is InChI=1S/C15H23NO2/c1-4-18-14-7-11(5-6-13(14)17)9-16-10-12-8-15(12,2)3/h5-7,12,16-17H,4,8-10H2,1-3H3. The summed E-state index contributed by atoms with van der Waals surface area (Å²) < 4.78 is 5.37. The zero-order chi connectivity index (χ0) is 13.2. The SMILES string of the molecule is CCOc1cc(CNCC2CC2(C)C)ccc1O. The molecule has 0 amide bonds. The molecule has 0 bridgehead atoms. The second kappa shape index (κ2) is 5.19. The van der Waals surface area contributed by atoms with Crippen LogP contribution in [0.4, 0.5) is 0 Å². The number of aromatic hydroxyl groups is 1. The van der Waals surface area contributed by atoms with Crippen LogP contribution in [0.3, 0.4) is 0 Å². The first kappa shape index (κ1) is 13.2. The average Bonchev–Trinajstić information content (AvgIpc) is 2.91. The minimum Gasteiger partial charge on any atom is -0.504 e. The third-order valence-electron chi connectivity index (χ3n) is 3.76. The van der Waals surface area contributed by atoms with Crippen molar-refractivity contribution in [2.45, 2.75) is 33.7 Å². The van der Waals surface area contributed by atoms with E-state index in [0.717, 1.165) is 24.6 Å². The molecule has 3 heteroatoms. The summed E-state index contributed by atoms with van der Waals surface area (Å²) in [4.78, 5) is 0. The van der Waals surface area contributed by atoms with E-state index in [2.05, 4.69) is 19.2 Å². The smallest absolute Gasteiger partial charge is 0.161 e. The molecule has 1 aromatic rings. The van der Waals surface area contributed by atoms with Gasteiger partial charge in [0.05, 0.1) is 6.61 Å². The van der Waals surface area contributed by atoms with Gasteiger partial charge in [-0.05, 0) is 48.9 Å². The molecule has 1 unspecified atom stereocenters. The van der Waals surface area contributed by atoms with Crippen LogP contribution in [0.15, 0.2) is 18.2 Å². The van der Waals surface area contributed by atoms with E-state index in [4.69, 9.17) is 4.74 Å². The number of nitrogens with one attached hydrogen (secondary N) is 1. The van der Waals surface area contributed by atoms with E-state index in [-0.39, 0.29) is 5.75 Å². The molecule has 1 aliphatic rings. The third kappa shape index (κ3) is 3.16. The predicted octanol–water partition coefficient (Wildman–Crippen LogP) is 2.93. The van der Waals surface area contributed by atoms with Crippen molar-refractivity contribution in [2.24, 2.45) is 11.3 Å². The van der Waals surface area contributed by atoms with Crippen LogP contribution in [-0.4, -0.2) is 18.3 Å². The molecule has 1 aliphatic carbocycles. The van der Waals surface area contributed by atoms with Gasteiger partial charge in [0, 0.05) is 6.54 Å². The normalized spacial score (nSPS) is 20.7. The van der Waals surface area contributed by atoms with Gasteiger partial charge in [0.2, 0.25) is 0 Å². The fraction of sp³-hybridized carbons (Fsp3) is 0.600. The zero-order valence-corrected chi connectivity index (χ0v) is 11.5. The van der Waals surface area contributed by atoms with Gasteiger partial charge >= 0.3 is 0 Å². The minimum atomic E-state index is 0.212. The molecule has 0 spiro atoms. The van der Waals surface area contributed by atoms with Gasteiger partial charge in [-0.2, -0.15) is 0 Å². The van der Waals surface area contributed by atoms with Crippen molar-refractivity contribution >= 4 is 0 Å². The van der Waals surface area contributed by atoms with Crippen molar-refractivity contribution in [2.75, 3.05) is 13.2 Å². The van der Waals surface area contributed by atoms with Crippen LogP contribution >= 0.6 is 0 Å². The van der Waals surface area contributed by atoms with Crippen LogP contribution < -0.4 is 10.1 Å². The second-order valence-corrected chi connectivity index (χ2v) is 5.76. The molecular formula is C15H23NO2. The van der Waals surface area contributed by atoms with Crippen molar-refractivity contribution in [3.63, 3.8) is 0 Å². The topological polar surface area (TPSA) is 41.5 Å². The summed E-state index contributed by atoms with van der Waals surface area (Å²) in [5, 5.41) is 13.1. The summed E-state index contributed by atoms with van der Waals surface area (Å²) in [6.45, 7) is 9.01. The third-order valence-corrected chi connectivity index (χ3v) is 3.76. The number of benzene rings is 1. The van der Waals surface area contributed by atoms with Gasteiger partial charge < -0.3 is 15.2 Å². The zero-order valence-electron chi connectivity index (χ0n) is 11.5. The molecule has 0 radical (unpaired) electrons. The van der Waals surface area contributed by atoms with Crippen LogP contribution in [-0.2, 0) is 6.54 Å². The highest BCUT2D eigenvalue weighted by atomic mass is 16.5. The Kier molecular flexibility index (Phi) is 3.81. The summed E-state index contributed by atoms with van der Waals surface area (Å²) in [6, 6.07) is 5.54. The van der Waals surface area contributed by atoms with Gasteiger partial charge in [-0.3, -0.25) is 0 Å². The summed E-state index contributed by atoms with van der Waals surface area (Å²) in [5.41, 5.74) is 1.67. The van der Waals surface area contributed by atoms with E-state index in [0.29, 0.717) is 17.8 Å². The number of phenols is 1. The van der Waals surface area contributed by atoms with Gasteiger partial charge in [0.15, 0.2) is 11.5 Å². The highest BCUT2D eigenvalue weighted by molar-refractivity contribution is 5.41. The highest BCUT2D eigenvalue weighted by Crippen LogP contribution is 2.50. The molecular weight excluding hydrogens is 226 g/mol. The molecule has 0 heterocycles. The maximum Gasteiger partial charge on any atom is 0.161 e. The van der Waals surface area contributed by atoms with Crippen LogP contribution in [0.2, 0.25) is 0 Å². The minimum absolute atomic E-state index is 0.212. The largest absolute Gasteiger partial charge is 0.504 e. The molecule has 100 valence electrons. The molecule has 18 heavy (non-hydrogen) atoms. The van der Waals surface area contributed by atoms with E-state index in [1.807, 2.05) is 19.1 Å². The van der Waals surface area contributed by atoms with E-state index < -0.39 is 0 Å². The summed E-state index contributed by atoms with van der Waals surface area (Å²) in [5.74, 6) is 1.59. The number of hydrogen-bond donors (Lipinski definition) is 2. The van der Waals surface area contributed by atoms with Crippen molar-refractivity contribution in [1.29, 1.82) is 0 Å². The van der Waals surface area contributed by atoms with E-state index in [9.17, 15) is 5.11 Å². The first-order chi connectivity index (χ1) is 8.53. The maximum absolute atomic E-state index is 9.61. The summed E-state index contributed by atoms with van der Waals surface area (Å²) in [7, 11) is 0. The summed E-state index contributed by atoms with van der Waals surface area (Å²) >= 11 is 0. The van der Waals surface area contributed by atoms with Gasteiger partial charge in [0.1, 0.15) is 0 Å². The molecule has 1 aromatic carbocycles. The predicted molar refractivity (Wildman–Crippen MR) is 72.9 cm³/mol. The fourth-order valence-corrected chi connectivity index (χ4v) is 2.25. The quantitative estimate of drug-likeness (QED) is 0.814. The van der Waals surface area contributed by atoms with E-state index in [1.54, 1.807) is 6.07 Å². The van der Waals surface area contributed by atoms with Crippen LogP contribution in [0, 0.1) is 11.3 Å². The Morgan fingerprint density at radius 1 is 1.44 bits per heavy atom. The molecule has 0 aromatic heterocycles. The molecule has 2 N–H and O–H groups in total. The van der Waals surface area contributed by atoms with E-state index >= 15 is 0 Å². The number of rotatable bonds is 6. The first-order valence-corrected chi connectivity index (χ1v) is 6.68. The second-order valence-electron chi connectivity index (χ2n) is 5.76. The Morgan fingerprint density at radius 2 is 2.17 bits per heavy atom. The Morgan fingerprint density at radius 3 is 2.78 bits per heavy atom. The fourth-order valence-electron chi connectivity index (χ4n) is 2.25. The molecule has 1 saturated carbocycles. The Balaban J connectivity index is 1.84. The lowest BCUT2D eigenvalue weighted by Crippen LogP contribution is -2.18. The average molecular weight is 249 g/mol. The Labute approximate surface area is 109 Å². The number of phenolic OH excluding ortho intramolecular Hbond substituents is 1. The van der Waals surface area contributed by atoms with E-state index in [1.165, 1.54) is 6.42 Å². The van der Waals surface area contributed by atoms with Crippen LogP contribution in [0.25, 0.3) is 0 Å². The molecule has 0 aliphatic heterocycles. The molecule has 1 fully saturated rings.